The van der Waals surface area contributed by atoms with Crippen molar-refractivity contribution < 1.29 is 0 Å². The van der Waals surface area contributed by atoms with Crippen molar-refractivity contribution >= 4 is 43.3 Å². The number of alkyl halides is 1. The van der Waals surface area contributed by atoms with Gasteiger partial charge in [-0.25, -0.2) is 9.97 Å². The Hall–Kier alpha value is -0.680. The molecule has 0 radical (unpaired) electrons. The third-order valence-corrected chi connectivity index (χ3v) is 6.06. The van der Waals surface area contributed by atoms with Crippen molar-refractivity contribution in [2.45, 2.75) is 25.1 Å². The van der Waals surface area contributed by atoms with Gasteiger partial charge in [-0.15, -0.1) is 11.3 Å². The lowest BCUT2D eigenvalue weighted by Gasteiger charge is -2.35. The number of nitrogens with zero attached hydrogens (tertiary/aromatic N) is 3. The average Bonchev–Trinajstić information content (AvgIpc) is 2.75. The molecule has 1 saturated heterocycles. The van der Waals surface area contributed by atoms with Crippen molar-refractivity contribution in [3.05, 3.63) is 17.3 Å². The van der Waals surface area contributed by atoms with E-state index in [1.807, 2.05) is 0 Å². The van der Waals surface area contributed by atoms with Crippen LogP contribution >= 0.6 is 27.3 Å². The van der Waals surface area contributed by atoms with Gasteiger partial charge in [-0.05, 0) is 30.2 Å². The molecular formula is C13H16BrN3S. The Balaban J connectivity index is 1.99. The number of hydrogen-bond donors (Lipinski definition) is 0. The first-order valence-electron chi connectivity index (χ1n) is 6.24. The minimum absolute atomic E-state index is 0.635. The Morgan fingerprint density at radius 2 is 2.28 bits per heavy atom. The Kier molecular flexibility index (Phi) is 3.28. The van der Waals surface area contributed by atoms with Gasteiger partial charge in [0.15, 0.2) is 0 Å². The summed E-state index contributed by atoms with van der Waals surface area (Å²) in [5, 5.41) is 2.17. The fourth-order valence-corrected chi connectivity index (χ4v) is 3.88. The minimum Gasteiger partial charge on any atom is -0.355 e. The highest BCUT2D eigenvalue weighted by Crippen LogP contribution is 2.34. The quantitative estimate of drug-likeness (QED) is 0.750. The number of aromatic nitrogens is 2. The molecule has 2 unspecified atom stereocenters. The number of halogens is 1. The number of thiophene rings is 1. The lowest BCUT2D eigenvalue weighted by Crippen LogP contribution is -2.40. The molecule has 2 aromatic heterocycles. The molecule has 5 heteroatoms. The zero-order chi connectivity index (χ0) is 12.7. The van der Waals surface area contributed by atoms with Crippen LogP contribution in [0.25, 0.3) is 10.2 Å². The summed E-state index contributed by atoms with van der Waals surface area (Å²) < 4.78 is 1.23. The maximum absolute atomic E-state index is 4.51. The zero-order valence-electron chi connectivity index (χ0n) is 10.6. The Morgan fingerprint density at radius 3 is 3.06 bits per heavy atom. The van der Waals surface area contributed by atoms with Gasteiger partial charge in [0, 0.05) is 17.9 Å². The minimum atomic E-state index is 0.635. The Bertz CT molecular complexity index is 568. The van der Waals surface area contributed by atoms with E-state index < -0.39 is 0 Å². The summed E-state index contributed by atoms with van der Waals surface area (Å²) in [7, 11) is 0. The van der Waals surface area contributed by atoms with Crippen LogP contribution in [0.1, 0.15) is 18.9 Å². The first-order valence-corrected chi connectivity index (χ1v) is 8.04. The van der Waals surface area contributed by atoms with Crippen LogP contribution in [-0.4, -0.2) is 27.9 Å². The fourth-order valence-electron chi connectivity index (χ4n) is 2.49. The molecule has 0 aromatic carbocycles. The van der Waals surface area contributed by atoms with E-state index in [0.717, 1.165) is 24.4 Å². The second-order valence-electron chi connectivity index (χ2n) is 5.02. The molecule has 1 fully saturated rings. The van der Waals surface area contributed by atoms with Gasteiger partial charge < -0.3 is 4.90 Å². The maximum atomic E-state index is 4.51. The molecule has 3 heterocycles. The number of aryl methyl sites for hydroxylation is 1. The molecule has 96 valence electrons. The van der Waals surface area contributed by atoms with Crippen LogP contribution in [0.5, 0.6) is 0 Å². The van der Waals surface area contributed by atoms with E-state index in [2.05, 4.69) is 50.0 Å². The van der Waals surface area contributed by atoms with Gasteiger partial charge in [-0.2, -0.15) is 0 Å². The molecule has 2 atom stereocenters. The number of rotatable bonds is 1. The normalized spacial score (nSPS) is 24.7. The maximum Gasteiger partial charge on any atom is 0.150 e. The van der Waals surface area contributed by atoms with E-state index in [4.69, 9.17) is 0 Å². The second-order valence-corrected chi connectivity index (χ2v) is 7.08. The van der Waals surface area contributed by atoms with E-state index in [1.54, 1.807) is 17.7 Å². The Labute approximate surface area is 119 Å². The summed E-state index contributed by atoms with van der Waals surface area (Å²) in [5.41, 5.74) is 2.36. The summed E-state index contributed by atoms with van der Waals surface area (Å²) in [5.74, 6) is 1.77. The molecule has 0 spiro atoms. The molecule has 1 aliphatic heterocycles. The van der Waals surface area contributed by atoms with E-state index in [-0.39, 0.29) is 0 Å². The largest absolute Gasteiger partial charge is 0.355 e. The summed E-state index contributed by atoms with van der Waals surface area (Å²) in [6.07, 6.45) is 2.87. The number of fused-ring (bicyclic) bond motifs is 1. The second kappa shape index (κ2) is 4.78. The van der Waals surface area contributed by atoms with Crippen molar-refractivity contribution in [2.75, 3.05) is 18.0 Å². The van der Waals surface area contributed by atoms with Gasteiger partial charge in [0.05, 0.1) is 10.2 Å². The molecule has 0 bridgehead atoms. The van der Waals surface area contributed by atoms with Crippen LogP contribution < -0.4 is 4.90 Å². The van der Waals surface area contributed by atoms with Crippen molar-refractivity contribution in [2.24, 2.45) is 5.92 Å². The van der Waals surface area contributed by atoms with Gasteiger partial charge in [-0.3, -0.25) is 0 Å². The van der Waals surface area contributed by atoms with Crippen molar-refractivity contribution in [1.29, 1.82) is 0 Å². The van der Waals surface area contributed by atoms with Gasteiger partial charge in [0.2, 0.25) is 0 Å². The van der Waals surface area contributed by atoms with Crippen LogP contribution in [0.4, 0.5) is 5.82 Å². The lowest BCUT2D eigenvalue weighted by atomic mass is 10.0. The average molecular weight is 326 g/mol. The summed E-state index contributed by atoms with van der Waals surface area (Å²) >= 11 is 5.51. The highest BCUT2D eigenvalue weighted by Gasteiger charge is 2.26. The predicted molar refractivity (Wildman–Crippen MR) is 80.9 cm³/mol. The third-order valence-electron chi connectivity index (χ3n) is 3.61. The molecule has 0 aliphatic carbocycles. The van der Waals surface area contributed by atoms with Crippen LogP contribution in [0.3, 0.4) is 0 Å². The molecule has 0 N–H and O–H groups in total. The van der Waals surface area contributed by atoms with Crippen molar-refractivity contribution in [1.82, 2.24) is 9.97 Å². The molecule has 0 saturated carbocycles. The van der Waals surface area contributed by atoms with Crippen LogP contribution in [-0.2, 0) is 0 Å². The van der Waals surface area contributed by atoms with Gasteiger partial charge in [-0.1, -0.05) is 22.9 Å². The van der Waals surface area contributed by atoms with E-state index in [1.165, 1.54) is 16.7 Å². The highest BCUT2D eigenvalue weighted by atomic mass is 79.9. The molecule has 18 heavy (non-hydrogen) atoms. The topological polar surface area (TPSA) is 29.0 Å². The molecule has 3 rings (SSSR count). The first-order chi connectivity index (χ1) is 8.66. The predicted octanol–water partition coefficient (Wildman–Crippen LogP) is 3.61. The lowest BCUT2D eigenvalue weighted by molar-refractivity contribution is 0.464. The summed E-state index contributed by atoms with van der Waals surface area (Å²) in [4.78, 5) is 11.9. The highest BCUT2D eigenvalue weighted by molar-refractivity contribution is 9.09. The third kappa shape index (κ3) is 2.03. The monoisotopic (exact) mass is 325 g/mol. The molecule has 0 amide bonds. The van der Waals surface area contributed by atoms with Gasteiger partial charge in [0.25, 0.3) is 0 Å². The molecule has 2 aromatic rings. The molecule has 1 aliphatic rings. The number of anilines is 1. The van der Waals surface area contributed by atoms with Gasteiger partial charge in [0.1, 0.15) is 12.1 Å². The SMILES string of the molecule is Cc1csc2c(N3CCC(Br)C(C)C3)ncnc12. The zero-order valence-corrected chi connectivity index (χ0v) is 13.0. The summed E-state index contributed by atoms with van der Waals surface area (Å²) in [6, 6.07) is 0. The van der Waals surface area contributed by atoms with E-state index >= 15 is 0 Å². The van der Waals surface area contributed by atoms with Crippen LogP contribution in [0, 0.1) is 12.8 Å². The van der Waals surface area contributed by atoms with Gasteiger partial charge >= 0.3 is 0 Å². The molecular weight excluding hydrogens is 310 g/mol. The Morgan fingerprint density at radius 1 is 1.44 bits per heavy atom. The van der Waals surface area contributed by atoms with Crippen molar-refractivity contribution in [3.63, 3.8) is 0 Å². The van der Waals surface area contributed by atoms with Crippen LogP contribution in [0.15, 0.2) is 11.7 Å². The smallest absolute Gasteiger partial charge is 0.150 e. The molecule has 3 nitrogen and oxygen atoms in total. The first kappa shape index (κ1) is 12.4. The van der Waals surface area contributed by atoms with Crippen LogP contribution in [0.2, 0.25) is 0 Å². The van der Waals surface area contributed by atoms with E-state index in [9.17, 15) is 0 Å². The van der Waals surface area contributed by atoms with E-state index in [0.29, 0.717) is 10.7 Å². The van der Waals surface area contributed by atoms with Crippen molar-refractivity contribution in [3.8, 4) is 0 Å². The number of hydrogen-bond acceptors (Lipinski definition) is 4. The standard InChI is InChI=1S/C13H16BrN3S/c1-8-5-17(4-3-10(8)14)13-12-11(15-7-16-13)9(2)6-18-12/h6-8,10H,3-5H2,1-2H3. The summed E-state index contributed by atoms with van der Waals surface area (Å²) in [6.45, 7) is 6.55. The fraction of sp³-hybridized carbons (Fsp3) is 0.538. The number of piperidine rings is 1.